The van der Waals surface area contributed by atoms with Gasteiger partial charge in [0.2, 0.25) is 0 Å². The van der Waals surface area contributed by atoms with Crippen LogP contribution in [-0.4, -0.2) is 11.0 Å². The zero-order valence-corrected chi connectivity index (χ0v) is 13.3. The Balaban J connectivity index is 2.15. The normalized spacial score (nSPS) is 12.1. The Kier molecular flexibility index (Phi) is 5.81. The summed E-state index contributed by atoms with van der Waals surface area (Å²) in [4.78, 5) is -0.197. The number of alkyl halides is 6. The van der Waals surface area contributed by atoms with Crippen molar-refractivity contribution in [3.05, 3.63) is 48.5 Å². The third kappa shape index (κ3) is 6.08. The van der Waals surface area contributed by atoms with Gasteiger partial charge in [0, 0.05) is 9.79 Å². The summed E-state index contributed by atoms with van der Waals surface area (Å²) < 4.78 is 75.1. The highest BCUT2D eigenvalue weighted by molar-refractivity contribution is 8.00. The molecule has 0 bridgehead atoms. The molecule has 10 heteroatoms. The van der Waals surface area contributed by atoms with Gasteiger partial charge in [-0.05, 0) is 47.8 Å². The van der Waals surface area contributed by atoms with Crippen LogP contribution >= 0.6 is 23.5 Å². The molecule has 0 saturated carbocycles. The second-order valence-corrected chi connectivity index (χ2v) is 6.55. The number of rotatable bonds is 5. The molecule has 2 N–H and O–H groups in total. The van der Waals surface area contributed by atoms with Crippen LogP contribution in [0.15, 0.2) is 58.3 Å². The van der Waals surface area contributed by atoms with Crippen LogP contribution in [0.2, 0.25) is 0 Å². The molecule has 0 atom stereocenters. The number of hydrogen-bond donors (Lipinski definition) is 2. The predicted molar refractivity (Wildman–Crippen MR) is 84.0 cm³/mol. The lowest BCUT2D eigenvalue weighted by atomic mass is 10.3. The highest BCUT2D eigenvalue weighted by Gasteiger charge is 2.31. The molecular weight excluding hydrogens is 374 g/mol. The van der Waals surface area contributed by atoms with Crippen molar-refractivity contribution in [1.29, 1.82) is 0 Å². The van der Waals surface area contributed by atoms with E-state index in [2.05, 4.69) is 10.9 Å². The molecule has 0 amide bonds. The van der Waals surface area contributed by atoms with Gasteiger partial charge >= 0.3 is 11.0 Å². The van der Waals surface area contributed by atoms with Gasteiger partial charge in [-0.3, -0.25) is 10.9 Å². The molecule has 0 aliphatic carbocycles. The van der Waals surface area contributed by atoms with E-state index in [-0.39, 0.29) is 44.7 Å². The number of thioether (sulfide) groups is 2. The SMILES string of the molecule is FC(F)(F)Sc1ccccc1NNc1ccccc1SC(F)(F)F. The maximum Gasteiger partial charge on any atom is 0.446 e. The topological polar surface area (TPSA) is 24.1 Å². The van der Waals surface area contributed by atoms with E-state index >= 15 is 0 Å². The van der Waals surface area contributed by atoms with Gasteiger partial charge in [0.25, 0.3) is 0 Å². The molecule has 0 unspecified atom stereocenters. The maximum absolute atomic E-state index is 12.5. The molecule has 0 saturated heterocycles. The lowest BCUT2D eigenvalue weighted by molar-refractivity contribution is -0.0336. The Bertz CT molecular complexity index is 628. The smallest absolute Gasteiger partial charge is 0.300 e. The van der Waals surface area contributed by atoms with Crippen molar-refractivity contribution in [2.75, 3.05) is 10.9 Å². The van der Waals surface area contributed by atoms with E-state index < -0.39 is 11.0 Å². The van der Waals surface area contributed by atoms with Crippen molar-refractivity contribution >= 4 is 34.9 Å². The monoisotopic (exact) mass is 384 g/mol. The number of halogens is 6. The van der Waals surface area contributed by atoms with Crippen LogP contribution < -0.4 is 10.9 Å². The van der Waals surface area contributed by atoms with E-state index in [0.717, 1.165) is 0 Å². The van der Waals surface area contributed by atoms with E-state index in [4.69, 9.17) is 0 Å². The second kappa shape index (κ2) is 7.47. The Hall–Kier alpha value is -1.68. The van der Waals surface area contributed by atoms with Crippen molar-refractivity contribution < 1.29 is 26.3 Å². The summed E-state index contributed by atoms with van der Waals surface area (Å²) in [5.41, 5.74) is -3.68. The fourth-order valence-corrected chi connectivity index (χ4v) is 2.95. The van der Waals surface area contributed by atoms with E-state index in [9.17, 15) is 26.3 Å². The molecule has 0 aliphatic heterocycles. The minimum atomic E-state index is -4.47. The molecule has 24 heavy (non-hydrogen) atoms. The highest BCUT2D eigenvalue weighted by Crippen LogP contribution is 2.42. The number of nitrogens with one attached hydrogen (secondary N) is 2. The molecule has 2 aromatic rings. The van der Waals surface area contributed by atoms with Gasteiger partial charge in [-0.1, -0.05) is 24.3 Å². The zero-order chi connectivity index (χ0) is 17.8. The average Bonchev–Trinajstić information content (AvgIpc) is 2.44. The standard InChI is InChI=1S/C14H10F6N2S2/c15-13(16,17)23-11-7-3-1-5-9(11)21-22-10-6-2-4-8-12(10)24-14(18,19)20/h1-8,21-22H. The molecule has 0 aliphatic rings. The van der Waals surface area contributed by atoms with Crippen LogP contribution in [0.1, 0.15) is 0 Å². The average molecular weight is 384 g/mol. The van der Waals surface area contributed by atoms with Gasteiger partial charge < -0.3 is 0 Å². The van der Waals surface area contributed by atoms with Crippen molar-refractivity contribution in [3.8, 4) is 0 Å². The first-order valence-corrected chi connectivity index (χ1v) is 7.99. The Morgan fingerprint density at radius 1 is 0.583 bits per heavy atom. The molecule has 0 spiro atoms. The third-order valence-corrected chi connectivity index (χ3v) is 4.17. The Morgan fingerprint density at radius 3 is 1.25 bits per heavy atom. The minimum Gasteiger partial charge on any atom is -0.300 e. The predicted octanol–water partition coefficient (Wildman–Crippen LogP) is 6.35. The van der Waals surface area contributed by atoms with Crippen molar-refractivity contribution in [2.24, 2.45) is 0 Å². The van der Waals surface area contributed by atoms with Crippen LogP contribution in [-0.2, 0) is 0 Å². The summed E-state index contributed by atoms with van der Waals surface area (Å²) in [6.45, 7) is 0. The van der Waals surface area contributed by atoms with E-state index in [0.29, 0.717) is 0 Å². The summed E-state index contributed by atoms with van der Waals surface area (Å²) in [7, 11) is 0. The van der Waals surface area contributed by atoms with Crippen molar-refractivity contribution in [1.82, 2.24) is 0 Å². The van der Waals surface area contributed by atoms with Gasteiger partial charge in [-0.15, -0.1) is 0 Å². The number of hydrazine groups is 1. The fourth-order valence-electron chi connectivity index (χ4n) is 1.70. The molecule has 2 rings (SSSR count). The lowest BCUT2D eigenvalue weighted by Crippen LogP contribution is -2.12. The van der Waals surface area contributed by atoms with Crippen molar-refractivity contribution in [3.63, 3.8) is 0 Å². The summed E-state index contributed by atoms with van der Waals surface area (Å²) in [5, 5.41) is 0. The first kappa shape index (κ1) is 18.7. The molecule has 0 heterocycles. The van der Waals surface area contributed by atoms with Gasteiger partial charge in [0.05, 0.1) is 11.4 Å². The molecule has 0 fully saturated rings. The molecular formula is C14H10F6N2S2. The quantitative estimate of drug-likeness (QED) is 0.356. The van der Waals surface area contributed by atoms with E-state index in [1.807, 2.05) is 0 Å². The maximum atomic E-state index is 12.5. The number of benzene rings is 2. The van der Waals surface area contributed by atoms with Gasteiger partial charge in [0.1, 0.15) is 0 Å². The van der Waals surface area contributed by atoms with Gasteiger partial charge in [-0.25, -0.2) is 0 Å². The van der Waals surface area contributed by atoms with Gasteiger partial charge in [-0.2, -0.15) is 26.3 Å². The highest BCUT2D eigenvalue weighted by atomic mass is 32.2. The molecule has 2 aromatic carbocycles. The van der Waals surface area contributed by atoms with E-state index in [1.165, 1.54) is 48.5 Å². The van der Waals surface area contributed by atoms with E-state index in [1.54, 1.807) is 0 Å². The summed E-state index contributed by atoms with van der Waals surface area (Å²) >= 11 is -0.622. The molecule has 0 radical (unpaired) electrons. The van der Waals surface area contributed by atoms with Crippen LogP contribution in [0.4, 0.5) is 37.7 Å². The largest absolute Gasteiger partial charge is 0.446 e. The van der Waals surface area contributed by atoms with Crippen LogP contribution in [0.25, 0.3) is 0 Å². The summed E-state index contributed by atoms with van der Waals surface area (Å²) in [5.74, 6) is 0. The summed E-state index contributed by atoms with van der Waals surface area (Å²) in [6.07, 6.45) is 0. The second-order valence-electron chi connectivity index (χ2n) is 4.34. The van der Waals surface area contributed by atoms with Crippen LogP contribution in [0.5, 0.6) is 0 Å². The third-order valence-electron chi connectivity index (χ3n) is 2.56. The van der Waals surface area contributed by atoms with Crippen LogP contribution in [0, 0.1) is 0 Å². The molecule has 2 nitrogen and oxygen atoms in total. The molecule has 0 aromatic heterocycles. The molecule has 130 valence electrons. The number of hydrogen-bond acceptors (Lipinski definition) is 4. The first-order valence-electron chi connectivity index (χ1n) is 6.36. The lowest BCUT2D eigenvalue weighted by Gasteiger charge is -2.17. The number of para-hydroxylation sites is 2. The Labute approximate surface area is 142 Å². The fraction of sp³-hybridized carbons (Fsp3) is 0.143. The Morgan fingerprint density at radius 2 is 0.917 bits per heavy atom. The van der Waals surface area contributed by atoms with Crippen LogP contribution in [0.3, 0.4) is 0 Å². The van der Waals surface area contributed by atoms with Crippen molar-refractivity contribution in [2.45, 2.75) is 20.8 Å². The zero-order valence-electron chi connectivity index (χ0n) is 11.7. The minimum absolute atomic E-state index is 0.0987. The summed E-state index contributed by atoms with van der Waals surface area (Å²) in [6, 6.07) is 11.2. The first-order chi connectivity index (χ1) is 11.1. The van der Waals surface area contributed by atoms with Gasteiger partial charge in [0.15, 0.2) is 0 Å². The number of anilines is 2.